The number of amides is 1. The molecule has 1 aromatic carbocycles. The molecule has 0 aliphatic carbocycles. The zero-order valence-electron chi connectivity index (χ0n) is 16.7. The van der Waals surface area contributed by atoms with E-state index in [9.17, 15) is 9.59 Å². The summed E-state index contributed by atoms with van der Waals surface area (Å²) in [6.07, 6.45) is 2.93. The van der Waals surface area contributed by atoms with Gasteiger partial charge in [0.15, 0.2) is 0 Å². The SMILES string of the molecule is CCOC(=O)c1cnn(-c2ccc(NC(=O)c3cnc4onc(C)c4c3)cc2)c1C. The zero-order chi connectivity index (χ0) is 21.3. The Morgan fingerprint density at radius 1 is 1.17 bits per heavy atom. The average Bonchev–Trinajstić information content (AvgIpc) is 3.31. The van der Waals surface area contributed by atoms with Crippen molar-refractivity contribution in [1.82, 2.24) is 19.9 Å². The van der Waals surface area contributed by atoms with Gasteiger partial charge < -0.3 is 14.6 Å². The fraction of sp³-hybridized carbons (Fsp3) is 0.190. The Hall–Kier alpha value is -4.01. The van der Waals surface area contributed by atoms with Crippen LogP contribution in [-0.4, -0.2) is 38.4 Å². The number of aromatic nitrogens is 4. The summed E-state index contributed by atoms with van der Waals surface area (Å²) in [4.78, 5) is 28.7. The van der Waals surface area contributed by atoms with Crippen molar-refractivity contribution in [2.45, 2.75) is 20.8 Å². The monoisotopic (exact) mass is 405 g/mol. The predicted octanol–water partition coefficient (Wildman–Crippen LogP) is 3.45. The van der Waals surface area contributed by atoms with Crippen molar-refractivity contribution in [3.63, 3.8) is 0 Å². The normalized spacial score (nSPS) is 10.9. The predicted molar refractivity (Wildman–Crippen MR) is 109 cm³/mol. The highest BCUT2D eigenvalue weighted by atomic mass is 16.5. The number of carbonyl (C=O) groups is 2. The summed E-state index contributed by atoms with van der Waals surface area (Å²) < 4.78 is 11.7. The van der Waals surface area contributed by atoms with Crippen LogP contribution in [0.4, 0.5) is 5.69 Å². The molecule has 4 aromatic rings. The first kappa shape index (κ1) is 19.3. The van der Waals surface area contributed by atoms with Crippen molar-refractivity contribution in [2.24, 2.45) is 0 Å². The van der Waals surface area contributed by atoms with Gasteiger partial charge >= 0.3 is 5.97 Å². The maximum Gasteiger partial charge on any atom is 0.341 e. The average molecular weight is 405 g/mol. The van der Waals surface area contributed by atoms with Crippen LogP contribution in [0.5, 0.6) is 0 Å². The van der Waals surface area contributed by atoms with Crippen molar-refractivity contribution in [2.75, 3.05) is 11.9 Å². The van der Waals surface area contributed by atoms with Gasteiger partial charge in [-0.05, 0) is 51.1 Å². The fourth-order valence-corrected chi connectivity index (χ4v) is 3.04. The maximum atomic E-state index is 12.6. The molecule has 0 radical (unpaired) electrons. The lowest BCUT2D eigenvalue weighted by molar-refractivity contribution is 0.0525. The minimum Gasteiger partial charge on any atom is -0.462 e. The van der Waals surface area contributed by atoms with E-state index in [0.717, 1.165) is 5.69 Å². The number of esters is 1. The molecule has 0 saturated heterocycles. The van der Waals surface area contributed by atoms with Gasteiger partial charge in [0.25, 0.3) is 11.6 Å². The number of fused-ring (bicyclic) bond motifs is 1. The number of rotatable bonds is 5. The number of benzene rings is 1. The van der Waals surface area contributed by atoms with Crippen LogP contribution in [0.25, 0.3) is 16.8 Å². The van der Waals surface area contributed by atoms with Crippen molar-refractivity contribution in [3.05, 3.63) is 65.2 Å². The van der Waals surface area contributed by atoms with Crippen LogP contribution in [0.3, 0.4) is 0 Å². The summed E-state index contributed by atoms with van der Waals surface area (Å²) in [5.74, 6) is -0.698. The summed E-state index contributed by atoms with van der Waals surface area (Å²) in [7, 11) is 0. The van der Waals surface area contributed by atoms with Crippen molar-refractivity contribution < 1.29 is 18.8 Å². The number of hydrogen-bond donors (Lipinski definition) is 1. The third kappa shape index (κ3) is 3.52. The third-order valence-corrected chi connectivity index (χ3v) is 4.65. The van der Waals surface area contributed by atoms with Crippen LogP contribution in [0, 0.1) is 13.8 Å². The lowest BCUT2D eigenvalue weighted by atomic mass is 10.2. The van der Waals surface area contributed by atoms with Crippen LogP contribution in [-0.2, 0) is 4.74 Å². The standard InChI is InChI=1S/C21H19N5O4/c1-4-29-21(28)18-11-23-26(13(18)3)16-7-5-15(6-8-16)24-19(27)14-9-17-12(2)25-30-20(17)22-10-14/h5-11H,4H2,1-3H3,(H,24,27). The van der Waals surface area contributed by atoms with Gasteiger partial charge in [0.05, 0.1) is 40.8 Å². The van der Waals surface area contributed by atoms with E-state index in [0.29, 0.717) is 45.9 Å². The summed E-state index contributed by atoms with van der Waals surface area (Å²) in [5.41, 5.74) is 3.93. The Morgan fingerprint density at radius 2 is 1.93 bits per heavy atom. The van der Waals surface area contributed by atoms with Gasteiger partial charge in [-0.15, -0.1) is 0 Å². The minimum absolute atomic E-state index is 0.294. The highest BCUT2D eigenvalue weighted by Gasteiger charge is 2.16. The molecule has 4 rings (SSSR count). The Balaban J connectivity index is 1.51. The van der Waals surface area contributed by atoms with Crippen LogP contribution < -0.4 is 5.32 Å². The van der Waals surface area contributed by atoms with Gasteiger partial charge in [-0.3, -0.25) is 4.79 Å². The number of nitrogens with zero attached hydrogens (tertiary/aromatic N) is 4. The second-order valence-electron chi connectivity index (χ2n) is 6.62. The molecular weight excluding hydrogens is 386 g/mol. The van der Waals surface area contributed by atoms with Gasteiger partial charge in [0.2, 0.25) is 0 Å². The lowest BCUT2D eigenvalue weighted by Gasteiger charge is -2.08. The molecule has 3 heterocycles. The Kier molecular flexibility index (Phi) is 5.01. The number of carbonyl (C=O) groups excluding carboxylic acids is 2. The highest BCUT2D eigenvalue weighted by molar-refractivity contribution is 6.05. The summed E-state index contributed by atoms with van der Waals surface area (Å²) in [6, 6.07) is 8.82. The molecule has 0 aliphatic rings. The number of hydrogen-bond acceptors (Lipinski definition) is 7. The molecular formula is C21H19N5O4. The van der Waals surface area contributed by atoms with Crippen molar-refractivity contribution in [1.29, 1.82) is 0 Å². The maximum absolute atomic E-state index is 12.6. The van der Waals surface area contributed by atoms with E-state index >= 15 is 0 Å². The topological polar surface area (TPSA) is 112 Å². The first-order valence-electron chi connectivity index (χ1n) is 9.33. The molecule has 0 atom stereocenters. The molecule has 0 fully saturated rings. The Bertz CT molecular complexity index is 1240. The highest BCUT2D eigenvalue weighted by Crippen LogP contribution is 2.20. The van der Waals surface area contributed by atoms with E-state index < -0.39 is 5.97 Å². The van der Waals surface area contributed by atoms with Gasteiger partial charge in [-0.1, -0.05) is 5.16 Å². The van der Waals surface area contributed by atoms with Crippen LogP contribution >= 0.6 is 0 Å². The van der Waals surface area contributed by atoms with Gasteiger partial charge in [-0.2, -0.15) is 5.10 Å². The molecule has 0 spiro atoms. The molecule has 0 bridgehead atoms. The van der Waals surface area contributed by atoms with E-state index in [-0.39, 0.29) is 5.91 Å². The van der Waals surface area contributed by atoms with Gasteiger partial charge in [0, 0.05) is 11.9 Å². The van der Waals surface area contributed by atoms with E-state index in [1.54, 1.807) is 55.8 Å². The fourth-order valence-electron chi connectivity index (χ4n) is 3.04. The van der Waals surface area contributed by atoms with Crippen molar-refractivity contribution >= 4 is 28.7 Å². The molecule has 9 nitrogen and oxygen atoms in total. The summed E-state index contributed by atoms with van der Waals surface area (Å²) in [5, 5.41) is 11.6. The van der Waals surface area contributed by atoms with Crippen LogP contribution in [0.1, 0.15) is 39.0 Å². The molecule has 1 N–H and O–H groups in total. The summed E-state index contributed by atoms with van der Waals surface area (Å²) in [6.45, 7) is 5.65. The largest absolute Gasteiger partial charge is 0.462 e. The molecule has 1 amide bonds. The minimum atomic E-state index is -0.404. The van der Waals surface area contributed by atoms with E-state index in [1.807, 2.05) is 0 Å². The second kappa shape index (κ2) is 7.78. The van der Waals surface area contributed by atoms with Gasteiger partial charge in [-0.25, -0.2) is 14.5 Å². The lowest BCUT2D eigenvalue weighted by Crippen LogP contribution is -2.12. The third-order valence-electron chi connectivity index (χ3n) is 4.65. The number of ether oxygens (including phenoxy) is 1. The molecule has 0 aliphatic heterocycles. The van der Waals surface area contributed by atoms with Crippen molar-refractivity contribution in [3.8, 4) is 5.69 Å². The van der Waals surface area contributed by atoms with E-state index in [1.165, 1.54) is 12.4 Å². The van der Waals surface area contributed by atoms with Gasteiger partial charge in [0.1, 0.15) is 5.56 Å². The molecule has 0 unspecified atom stereocenters. The Labute approximate surface area is 171 Å². The van der Waals surface area contributed by atoms with E-state index in [2.05, 4.69) is 20.6 Å². The summed E-state index contributed by atoms with van der Waals surface area (Å²) >= 11 is 0. The first-order valence-corrected chi connectivity index (χ1v) is 9.33. The number of anilines is 1. The molecule has 9 heteroatoms. The zero-order valence-corrected chi connectivity index (χ0v) is 16.7. The smallest absolute Gasteiger partial charge is 0.341 e. The molecule has 152 valence electrons. The van der Waals surface area contributed by atoms with Crippen LogP contribution in [0.2, 0.25) is 0 Å². The quantitative estimate of drug-likeness (QED) is 0.506. The number of pyridine rings is 1. The first-order chi connectivity index (χ1) is 14.5. The molecule has 30 heavy (non-hydrogen) atoms. The second-order valence-corrected chi connectivity index (χ2v) is 6.62. The number of aryl methyl sites for hydroxylation is 1. The molecule has 3 aromatic heterocycles. The number of nitrogens with one attached hydrogen (secondary N) is 1. The Morgan fingerprint density at radius 3 is 2.67 bits per heavy atom. The molecule has 0 saturated carbocycles. The van der Waals surface area contributed by atoms with E-state index in [4.69, 9.17) is 9.26 Å². The van der Waals surface area contributed by atoms with Crippen LogP contribution in [0.15, 0.2) is 47.2 Å².